The highest BCUT2D eigenvalue weighted by atomic mass is 35.5. The molecule has 2 aromatic carbocycles. The van der Waals surface area contributed by atoms with Crippen molar-refractivity contribution in [3.63, 3.8) is 0 Å². The van der Waals surface area contributed by atoms with Crippen LogP contribution in [0.3, 0.4) is 0 Å². The molecule has 2 aromatic rings. The number of hydrogen-bond donors (Lipinski definition) is 3. The van der Waals surface area contributed by atoms with Gasteiger partial charge in [0.25, 0.3) is 0 Å². The van der Waals surface area contributed by atoms with E-state index in [0.717, 1.165) is 26.1 Å². The summed E-state index contributed by atoms with van der Waals surface area (Å²) >= 11 is 6.12. The van der Waals surface area contributed by atoms with Crippen LogP contribution in [0, 0.1) is 5.82 Å². The first-order valence-corrected chi connectivity index (χ1v) is 8.82. The normalized spacial score (nSPS) is 18.0. The summed E-state index contributed by atoms with van der Waals surface area (Å²) in [5.74, 6) is -0.450. The number of aliphatic hydroxyl groups excluding tert-OH is 1. The van der Waals surface area contributed by atoms with Crippen molar-refractivity contribution in [2.45, 2.75) is 32.2 Å². The van der Waals surface area contributed by atoms with Gasteiger partial charge in [0.2, 0.25) is 0 Å². The predicted molar refractivity (Wildman–Crippen MR) is 98.7 cm³/mol. The molecule has 25 heavy (non-hydrogen) atoms. The Hall–Kier alpha value is -1.66. The molecule has 1 unspecified atom stereocenters. The third-order valence-corrected chi connectivity index (χ3v) is 4.98. The molecule has 1 aliphatic heterocycles. The van der Waals surface area contributed by atoms with Crippen LogP contribution in [0.2, 0.25) is 5.02 Å². The number of β-amino-alcohol motifs (C(OH)–C–C–N with tert-alkyl or cyclic N) is 1. The van der Waals surface area contributed by atoms with Gasteiger partial charge >= 0.3 is 0 Å². The average molecular weight is 364 g/mol. The van der Waals surface area contributed by atoms with Crippen LogP contribution in [0.4, 0.5) is 10.1 Å². The number of nitrogens with zero attached hydrogens (tertiary/aromatic N) is 1. The van der Waals surface area contributed by atoms with E-state index in [2.05, 4.69) is 22.3 Å². The van der Waals surface area contributed by atoms with E-state index in [1.807, 2.05) is 12.1 Å². The summed E-state index contributed by atoms with van der Waals surface area (Å²) < 4.78 is 13.6. The maximum Gasteiger partial charge on any atom is 0.146 e. The molecule has 0 radical (unpaired) electrons. The first kappa shape index (κ1) is 18.1. The van der Waals surface area contributed by atoms with Crippen LogP contribution in [0.5, 0.6) is 0 Å². The quantitative estimate of drug-likeness (QED) is 0.691. The van der Waals surface area contributed by atoms with E-state index < -0.39 is 5.82 Å². The lowest BCUT2D eigenvalue weighted by Gasteiger charge is -2.18. The summed E-state index contributed by atoms with van der Waals surface area (Å²) in [6, 6.07) is 11.0. The van der Waals surface area contributed by atoms with E-state index in [1.54, 1.807) is 0 Å². The summed E-state index contributed by atoms with van der Waals surface area (Å²) in [5.41, 5.74) is 8.87. The summed E-state index contributed by atoms with van der Waals surface area (Å²) in [5, 5.41) is 13.4. The Kier molecular flexibility index (Phi) is 5.91. The second-order valence-corrected chi connectivity index (χ2v) is 6.88. The standard InChI is InChI=1S/C19H23ClFN3O/c20-17-5-6-18(21)19(22)16(17)10-23-9-13-3-1-2-4-14(13)11-24-8-7-15(25)12-24/h1-6,15,23,25H,7-12,22H2. The number of hydrogen-bond acceptors (Lipinski definition) is 4. The van der Waals surface area contributed by atoms with E-state index in [9.17, 15) is 9.50 Å². The topological polar surface area (TPSA) is 61.5 Å². The van der Waals surface area contributed by atoms with Crippen molar-refractivity contribution >= 4 is 17.3 Å². The minimum absolute atomic E-state index is 0.0966. The molecule has 1 aliphatic rings. The Morgan fingerprint density at radius 1 is 1.20 bits per heavy atom. The molecule has 0 spiro atoms. The molecule has 4 nitrogen and oxygen atoms in total. The molecule has 0 aliphatic carbocycles. The Morgan fingerprint density at radius 3 is 2.68 bits per heavy atom. The van der Waals surface area contributed by atoms with Crippen LogP contribution < -0.4 is 11.1 Å². The molecule has 0 saturated carbocycles. The van der Waals surface area contributed by atoms with Gasteiger partial charge in [-0.05, 0) is 29.7 Å². The van der Waals surface area contributed by atoms with Gasteiger partial charge in [0.05, 0.1) is 11.8 Å². The lowest BCUT2D eigenvalue weighted by molar-refractivity contribution is 0.174. The van der Waals surface area contributed by atoms with Crippen LogP contribution in [0.1, 0.15) is 23.1 Å². The first-order valence-electron chi connectivity index (χ1n) is 8.45. The highest BCUT2D eigenvalue weighted by Gasteiger charge is 2.20. The largest absolute Gasteiger partial charge is 0.396 e. The molecule has 1 fully saturated rings. The summed E-state index contributed by atoms with van der Waals surface area (Å²) in [6.45, 7) is 3.49. The molecular weight excluding hydrogens is 341 g/mol. The molecule has 0 bridgehead atoms. The number of nitrogen functional groups attached to an aromatic ring is 1. The van der Waals surface area contributed by atoms with Gasteiger partial charge in [0.1, 0.15) is 5.82 Å². The van der Waals surface area contributed by atoms with Gasteiger partial charge in [-0.3, -0.25) is 4.90 Å². The van der Waals surface area contributed by atoms with E-state index in [0.29, 0.717) is 23.7 Å². The van der Waals surface area contributed by atoms with Gasteiger partial charge < -0.3 is 16.2 Å². The molecule has 0 amide bonds. The molecule has 0 aromatic heterocycles. The van der Waals surface area contributed by atoms with Gasteiger partial charge in [-0.25, -0.2) is 4.39 Å². The Bertz CT molecular complexity index is 741. The van der Waals surface area contributed by atoms with Crippen LogP contribution in [0.15, 0.2) is 36.4 Å². The maximum atomic E-state index is 13.6. The summed E-state index contributed by atoms with van der Waals surface area (Å²) in [4.78, 5) is 2.25. The molecule has 6 heteroatoms. The van der Waals surface area contributed by atoms with Gasteiger partial charge in [-0.1, -0.05) is 35.9 Å². The van der Waals surface area contributed by atoms with Gasteiger partial charge in [0.15, 0.2) is 0 Å². The number of benzene rings is 2. The van der Waals surface area contributed by atoms with E-state index in [4.69, 9.17) is 17.3 Å². The van der Waals surface area contributed by atoms with Crippen molar-refractivity contribution in [3.05, 3.63) is 63.9 Å². The van der Waals surface area contributed by atoms with E-state index in [1.165, 1.54) is 23.3 Å². The fraction of sp³-hybridized carbons (Fsp3) is 0.368. The number of likely N-dealkylation sites (tertiary alicyclic amines) is 1. The zero-order valence-corrected chi connectivity index (χ0v) is 14.8. The van der Waals surface area contributed by atoms with Crippen molar-refractivity contribution in [2.24, 2.45) is 0 Å². The molecule has 3 rings (SSSR count). The van der Waals surface area contributed by atoms with Gasteiger partial charge in [0, 0.05) is 43.3 Å². The monoisotopic (exact) mass is 363 g/mol. The minimum Gasteiger partial charge on any atom is -0.396 e. The summed E-state index contributed by atoms with van der Waals surface area (Å²) in [6.07, 6.45) is 0.612. The van der Waals surface area contributed by atoms with Gasteiger partial charge in [-0.2, -0.15) is 0 Å². The number of nitrogens with one attached hydrogen (secondary N) is 1. The van der Waals surface area contributed by atoms with Crippen LogP contribution >= 0.6 is 11.6 Å². The molecule has 4 N–H and O–H groups in total. The summed E-state index contributed by atoms with van der Waals surface area (Å²) in [7, 11) is 0. The third-order valence-electron chi connectivity index (χ3n) is 4.62. The smallest absolute Gasteiger partial charge is 0.146 e. The number of rotatable bonds is 6. The SMILES string of the molecule is Nc1c(F)ccc(Cl)c1CNCc1ccccc1CN1CCC(O)C1. The first-order chi connectivity index (χ1) is 12.0. The van der Waals surface area contributed by atoms with Crippen molar-refractivity contribution in [1.29, 1.82) is 0 Å². The Morgan fingerprint density at radius 2 is 1.96 bits per heavy atom. The second-order valence-electron chi connectivity index (χ2n) is 6.47. The van der Waals surface area contributed by atoms with Crippen LogP contribution in [0.25, 0.3) is 0 Å². The fourth-order valence-corrected chi connectivity index (χ4v) is 3.42. The highest BCUT2D eigenvalue weighted by molar-refractivity contribution is 6.31. The number of halogens is 2. The highest BCUT2D eigenvalue weighted by Crippen LogP contribution is 2.25. The third kappa shape index (κ3) is 4.50. The van der Waals surface area contributed by atoms with Gasteiger partial charge in [-0.15, -0.1) is 0 Å². The molecule has 1 atom stereocenters. The molecule has 1 heterocycles. The Balaban J connectivity index is 1.63. The average Bonchev–Trinajstić information content (AvgIpc) is 3.01. The van der Waals surface area contributed by atoms with Crippen molar-refractivity contribution in [1.82, 2.24) is 10.2 Å². The Labute approximate surface area is 152 Å². The zero-order valence-electron chi connectivity index (χ0n) is 14.0. The number of nitrogens with two attached hydrogens (primary N) is 1. The number of anilines is 1. The van der Waals surface area contributed by atoms with Crippen LogP contribution in [-0.4, -0.2) is 29.2 Å². The maximum absolute atomic E-state index is 13.6. The second kappa shape index (κ2) is 8.15. The number of aliphatic hydroxyl groups is 1. The zero-order chi connectivity index (χ0) is 17.8. The van der Waals surface area contributed by atoms with Crippen molar-refractivity contribution < 1.29 is 9.50 Å². The van der Waals surface area contributed by atoms with E-state index >= 15 is 0 Å². The lowest BCUT2D eigenvalue weighted by atomic mass is 10.1. The minimum atomic E-state index is -0.450. The van der Waals surface area contributed by atoms with E-state index in [-0.39, 0.29) is 11.8 Å². The lowest BCUT2D eigenvalue weighted by Crippen LogP contribution is -2.23. The predicted octanol–water partition coefficient (Wildman–Crippen LogP) is 2.92. The fourth-order valence-electron chi connectivity index (χ4n) is 3.19. The van der Waals surface area contributed by atoms with Crippen molar-refractivity contribution in [3.8, 4) is 0 Å². The molecular formula is C19H23ClFN3O. The van der Waals surface area contributed by atoms with Crippen molar-refractivity contribution in [2.75, 3.05) is 18.8 Å². The molecule has 1 saturated heterocycles. The van der Waals surface area contributed by atoms with Crippen LogP contribution in [-0.2, 0) is 19.6 Å². The molecule has 134 valence electrons.